The Balaban J connectivity index is 0.00000306. The van der Waals surface area contributed by atoms with Gasteiger partial charge in [0.05, 0.1) is 13.6 Å². The van der Waals surface area contributed by atoms with Crippen molar-refractivity contribution in [1.29, 1.82) is 0 Å². The van der Waals surface area contributed by atoms with E-state index in [0.717, 1.165) is 25.7 Å². The van der Waals surface area contributed by atoms with Gasteiger partial charge in [-0.05, 0) is 25.3 Å². The summed E-state index contributed by atoms with van der Waals surface area (Å²) < 4.78 is 11.3. The first-order valence-electron chi connectivity index (χ1n) is 11.3. The van der Waals surface area contributed by atoms with E-state index in [9.17, 15) is 14.7 Å². The number of aromatic nitrogens is 1. The van der Waals surface area contributed by atoms with Crippen LogP contribution in [-0.4, -0.2) is 59.4 Å². The molecule has 1 aromatic heterocycles. The fourth-order valence-corrected chi connectivity index (χ4v) is 5.12. The maximum atomic E-state index is 13.3. The molecule has 9 heteroatoms. The number of hydrogen-bond donors (Lipinski definition) is 2. The number of anilines is 1. The monoisotopic (exact) mass is 521 g/mol. The molecule has 2 N–H and O–H groups in total. The van der Waals surface area contributed by atoms with E-state index >= 15 is 0 Å². The standard InChI is InChI=1S/C24H31N3O5.BrH/c1-17-14-21(26-32-17)25-22(28)16-27(2)13-12-20(15-27)31-23(29)24(30,19-10-6-7-11-19)18-8-4-3-5-9-18;/h3-5,8-9,14,19-20,30H,6-7,10-13,15-16H2,1-2H3;1H. The molecule has 0 radical (unpaired) electrons. The third-order valence-corrected chi connectivity index (χ3v) is 6.80. The zero-order valence-corrected chi connectivity index (χ0v) is 20.7. The van der Waals surface area contributed by atoms with Gasteiger partial charge in [0.15, 0.2) is 24.1 Å². The van der Waals surface area contributed by atoms with Gasteiger partial charge in [0.2, 0.25) is 0 Å². The first-order valence-corrected chi connectivity index (χ1v) is 11.3. The molecule has 3 atom stereocenters. The average Bonchev–Trinajstić information content (AvgIpc) is 3.50. The van der Waals surface area contributed by atoms with Gasteiger partial charge in [-0.15, -0.1) is 0 Å². The molecule has 2 aromatic rings. The fourth-order valence-electron chi connectivity index (χ4n) is 5.12. The molecule has 8 nitrogen and oxygen atoms in total. The van der Waals surface area contributed by atoms with Gasteiger partial charge in [0.25, 0.3) is 5.91 Å². The summed E-state index contributed by atoms with van der Waals surface area (Å²) in [5.74, 6) is 0.139. The van der Waals surface area contributed by atoms with Crippen LogP contribution in [0.1, 0.15) is 43.4 Å². The van der Waals surface area contributed by atoms with Crippen molar-refractivity contribution in [1.82, 2.24) is 5.16 Å². The zero-order valence-electron chi connectivity index (χ0n) is 19.1. The number of nitrogens with one attached hydrogen (secondary N) is 1. The lowest BCUT2D eigenvalue weighted by Crippen LogP contribution is -3.00. The summed E-state index contributed by atoms with van der Waals surface area (Å²) >= 11 is 0. The van der Waals surface area contributed by atoms with Gasteiger partial charge >= 0.3 is 5.97 Å². The smallest absolute Gasteiger partial charge is 0.343 e. The summed E-state index contributed by atoms with van der Waals surface area (Å²) in [5.41, 5.74) is -1.04. The van der Waals surface area contributed by atoms with Gasteiger partial charge in [-0.25, -0.2) is 4.79 Å². The number of carbonyl (C=O) groups excluding carboxylic acids is 2. The molecule has 1 saturated carbocycles. The Morgan fingerprint density at radius 1 is 1.24 bits per heavy atom. The van der Waals surface area contributed by atoms with Crippen LogP contribution >= 0.6 is 0 Å². The minimum Gasteiger partial charge on any atom is -1.00 e. The van der Waals surface area contributed by atoms with Crippen molar-refractivity contribution in [2.75, 3.05) is 32.0 Å². The van der Waals surface area contributed by atoms with Crippen LogP contribution in [0.3, 0.4) is 0 Å². The molecule has 33 heavy (non-hydrogen) atoms. The second-order valence-electron chi connectivity index (χ2n) is 9.48. The Morgan fingerprint density at radius 3 is 2.58 bits per heavy atom. The highest BCUT2D eigenvalue weighted by Crippen LogP contribution is 2.42. The Hall–Kier alpha value is -2.23. The van der Waals surface area contributed by atoms with Crippen LogP contribution in [0.5, 0.6) is 0 Å². The van der Waals surface area contributed by atoms with Crippen molar-refractivity contribution in [2.45, 2.75) is 50.7 Å². The van der Waals surface area contributed by atoms with Gasteiger partial charge in [-0.2, -0.15) is 0 Å². The number of likely N-dealkylation sites (N-methyl/N-ethyl adjacent to an activating group) is 1. The van der Waals surface area contributed by atoms with Crippen LogP contribution in [0.25, 0.3) is 0 Å². The molecule has 0 spiro atoms. The topological polar surface area (TPSA) is 102 Å². The SMILES string of the molecule is Cc1cc(NC(=O)C[N+]2(C)CCC(OC(=O)C(O)(c3ccccc3)C3CCCC3)C2)no1.[Br-]. The van der Waals surface area contributed by atoms with E-state index in [0.29, 0.717) is 41.1 Å². The van der Waals surface area contributed by atoms with Crippen molar-refractivity contribution < 1.29 is 45.4 Å². The number of aliphatic hydroxyl groups is 1. The third kappa shape index (κ3) is 5.65. The highest BCUT2D eigenvalue weighted by molar-refractivity contribution is 5.90. The van der Waals surface area contributed by atoms with Crippen molar-refractivity contribution in [3.63, 3.8) is 0 Å². The van der Waals surface area contributed by atoms with Crippen molar-refractivity contribution in [3.8, 4) is 0 Å². The van der Waals surface area contributed by atoms with E-state index in [1.54, 1.807) is 25.1 Å². The van der Waals surface area contributed by atoms with E-state index < -0.39 is 11.6 Å². The third-order valence-electron chi connectivity index (χ3n) is 6.80. The molecule has 1 amide bonds. The minimum atomic E-state index is -1.63. The van der Waals surface area contributed by atoms with Crippen LogP contribution < -0.4 is 22.3 Å². The van der Waals surface area contributed by atoms with Crippen LogP contribution in [0.15, 0.2) is 40.9 Å². The van der Waals surface area contributed by atoms with Crippen LogP contribution in [0, 0.1) is 12.8 Å². The molecule has 3 unspecified atom stereocenters. The number of esters is 1. The number of benzene rings is 1. The first-order chi connectivity index (χ1) is 15.3. The lowest BCUT2D eigenvalue weighted by molar-refractivity contribution is -0.890. The highest BCUT2D eigenvalue weighted by atomic mass is 79.9. The van der Waals surface area contributed by atoms with Crippen LogP contribution in [0.2, 0.25) is 0 Å². The largest absolute Gasteiger partial charge is 1.00 e. The van der Waals surface area contributed by atoms with Gasteiger partial charge in [-0.3, -0.25) is 4.79 Å². The molecular formula is C24H32BrN3O5. The molecular weight excluding hydrogens is 490 g/mol. The molecule has 2 heterocycles. The number of likely N-dealkylation sites (tertiary alicyclic amines) is 1. The van der Waals surface area contributed by atoms with Gasteiger partial charge in [-0.1, -0.05) is 48.3 Å². The second kappa shape index (κ2) is 10.4. The van der Waals surface area contributed by atoms with Crippen molar-refractivity contribution in [3.05, 3.63) is 47.7 Å². The zero-order chi connectivity index (χ0) is 22.8. The normalized spacial score (nSPS) is 24.6. The summed E-state index contributed by atoms with van der Waals surface area (Å²) in [4.78, 5) is 25.8. The number of aryl methyl sites for hydroxylation is 1. The summed E-state index contributed by atoms with van der Waals surface area (Å²) in [6, 6.07) is 10.8. The average molecular weight is 522 g/mol. The fraction of sp³-hybridized carbons (Fsp3) is 0.542. The Labute approximate surface area is 204 Å². The molecule has 2 fully saturated rings. The summed E-state index contributed by atoms with van der Waals surface area (Å²) in [6.45, 7) is 3.23. The quantitative estimate of drug-likeness (QED) is 0.385. The summed E-state index contributed by atoms with van der Waals surface area (Å²) in [7, 11) is 1.97. The summed E-state index contributed by atoms with van der Waals surface area (Å²) in [5, 5.41) is 18.1. The van der Waals surface area contributed by atoms with E-state index in [4.69, 9.17) is 9.26 Å². The predicted octanol–water partition coefficient (Wildman–Crippen LogP) is -0.234. The number of amides is 1. The maximum Gasteiger partial charge on any atom is 0.343 e. The Kier molecular flexibility index (Phi) is 7.97. The van der Waals surface area contributed by atoms with E-state index in [1.807, 2.05) is 25.2 Å². The lowest BCUT2D eigenvalue weighted by atomic mass is 9.80. The van der Waals surface area contributed by atoms with Crippen LogP contribution in [0.4, 0.5) is 5.82 Å². The number of hydrogen-bond acceptors (Lipinski definition) is 6. The maximum absolute atomic E-state index is 13.3. The minimum absolute atomic E-state index is 0. The molecule has 4 rings (SSSR count). The molecule has 1 saturated heterocycles. The molecule has 0 bridgehead atoms. The number of carbonyl (C=O) groups is 2. The molecule has 180 valence electrons. The van der Waals surface area contributed by atoms with Gasteiger partial charge in [0.1, 0.15) is 12.3 Å². The van der Waals surface area contributed by atoms with E-state index in [2.05, 4.69) is 10.5 Å². The molecule has 1 aliphatic carbocycles. The number of nitrogens with zero attached hydrogens (tertiary/aromatic N) is 2. The number of rotatable bonds is 7. The van der Waals surface area contributed by atoms with E-state index in [-0.39, 0.29) is 41.5 Å². The Bertz CT molecular complexity index is 962. The number of ether oxygens (including phenoxy) is 1. The summed E-state index contributed by atoms with van der Waals surface area (Å²) in [6.07, 6.45) is 3.93. The van der Waals surface area contributed by atoms with Crippen molar-refractivity contribution in [2.24, 2.45) is 5.92 Å². The van der Waals surface area contributed by atoms with Crippen molar-refractivity contribution >= 4 is 17.7 Å². The number of quaternary nitrogens is 1. The molecule has 2 aliphatic rings. The van der Waals surface area contributed by atoms with Crippen LogP contribution in [-0.2, 0) is 19.9 Å². The lowest BCUT2D eigenvalue weighted by Gasteiger charge is -2.33. The van der Waals surface area contributed by atoms with E-state index in [1.165, 1.54) is 0 Å². The predicted molar refractivity (Wildman–Crippen MR) is 117 cm³/mol. The molecule has 1 aromatic carbocycles. The molecule has 1 aliphatic heterocycles. The van der Waals surface area contributed by atoms with Gasteiger partial charge in [0, 0.05) is 18.4 Å². The second-order valence-corrected chi connectivity index (χ2v) is 9.48. The van der Waals surface area contributed by atoms with Gasteiger partial charge < -0.3 is 41.1 Å². The Morgan fingerprint density at radius 2 is 1.94 bits per heavy atom. The first kappa shape index (κ1) is 25.4. The number of halogens is 1. The highest BCUT2D eigenvalue weighted by Gasteiger charge is 2.50.